The van der Waals surface area contributed by atoms with Crippen molar-refractivity contribution in [3.63, 3.8) is 0 Å². The second-order valence-electron chi connectivity index (χ2n) is 2.85. The maximum absolute atomic E-state index is 10.6. The maximum Gasteiger partial charge on any atom is 0.490 e. The van der Waals surface area contributed by atoms with E-state index in [0.29, 0.717) is 0 Å². The van der Waals surface area contributed by atoms with E-state index >= 15 is 0 Å². The van der Waals surface area contributed by atoms with Crippen LogP contribution in [0.15, 0.2) is 22.5 Å². The Morgan fingerprint density at radius 2 is 1.88 bits per heavy atom. The topological polar surface area (TPSA) is 105 Å². The van der Waals surface area contributed by atoms with Gasteiger partial charge in [0.25, 0.3) is 5.91 Å². The quantitative estimate of drug-likeness (QED) is 0.708. The zero-order valence-electron chi connectivity index (χ0n) is 8.02. The van der Waals surface area contributed by atoms with Gasteiger partial charge in [-0.25, -0.2) is 4.79 Å². The van der Waals surface area contributed by atoms with Crippen molar-refractivity contribution in [1.82, 2.24) is 0 Å². The molecule has 0 saturated carbocycles. The molecule has 90 valence electrons. The van der Waals surface area contributed by atoms with Crippen LogP contribution >= 0.6 is 0 Å². The van der Waals surface area contributed by atoms with Crippen molar-refractivity contribution in [3.8, 4) is 0 Å². The number of nitrogens with zero attached hydrogens (tertiary/aromatic N) is 2. The molecule has 6 nitrogen and oxygen atoms in total. The summed E-state index contributed by atoms with van der Waals surface area (Å²) in [5.41, 5.74) is 4.10. The highest BCUT2D eigenvalue weighted by molar-refractivity contribution is 5.86. The van der Waals surface area contributed by atoms with Gasteiger partial charge < -0.3 is 10.8 Å². The Morgan fingerprint density at radius 3 is 2.00 bits per heavy atom. The largest absolute Gasteiger partial charge is 0.490 e. The maximum atomic E-state index is 10.6. The fraction of sp³-hybridized carbons (Fsp3) is 0.429. The Bertz CT molecular complexity index is 337. The number of hydrogen-bond acceptors (Lipinski definition) is 4. The first-order valence-electron chi connectivity index (χ1n) is 3.79. The summed E-state index contributed by atoms with van der Waals surface area (Å²) in [5, 5.41) is 14.2. The fourth-order valence-electron chi connectivity index (χ4n) is 0.496. The number of carboxylic acid groups (broad SMARTS) is 1. The number of carbonyl (C=O) groups excluding carboxylic acids is 1. The van der Waals surface area contributed by atoms with Crippen molar-refractivity contribution in [1.29, 1.82) is 0 Å². The summed E-state index contributed by atoms with van der Waals surface area (Å²) < 4.78 is 31.7. The standard InChI is InChI=1S/C5H7N3O.C2HF3O2/c1-5(4(6)9)2-3-7-8-5;3-2(4,5)1(6)7/h2-3H,1H3,(H2,6,9);(H,6,7). The molecule has 0 saturated heterocycles. The van der Waals surface area contributed by atoms with Crippen LogP contribution in [0, 0.1) is 0 Å². The molecule has 3 N–H and O–H groups in total. The Hall–Kier alpha value is -1.93. The Morgan fingerprint density at radius 1 is 1.44 bits per heavy atom. The molecule has 1 heterocycles. The molecule has 0 aromatic carbocycles. The molecule has 1 atom stereocenters. The molecule has 9 heteroatoms. The van der Waals surface area contributed by atoms with Crippen LogP contribution in [0.4, 0.5) is 13.2 Å². The van der Waals surface area contributed by atoms with E-state index in [4.69, 9.17) is 15.6 Å². The average Bonchev–Trinajstić information content (AvgIpc) is 2.52. The first-order chi connectivity index (χ1) is 7.09. The molecule has 0 radical (unpaired) electrons. The molecular formula is C7H8F3N3O3. The molecule has 0 fully saturated rings. The number of carboxylic acids is 1. The van der Waals surface area contributed by atoms with Gasteiger partial charge in [-0.2, -0.15) is 23.4 Å². The zero-order valence-corrected chi connectivity index (χ0v) is 8.02. The van der Waals surface area contributed by atoms with Gasteiger partial charge in [0.05, 0.1) is 0 Å². The highest BCUT2D eigenvalue weighted by Gasteiger charge is 2.38. The van der Waals surface area contributed by atoms with Gasteiger partial charge >= 0.3 is 12.1 Å². The molecule has 0 aliphatic carbocycles. The summed E-state index contributed by atoms with van der Waals surface area (Å²) >= 11 is 0. The van der Waals surface area contributed by atoms with Crippen molar-refractivity contribution in [2.45, 2.75) is 18.6 Å². The van der Waals surface area contributed by atoms with Crippen LogP contribution in [0.5, 0.6) is 0 Å². The number of carbonyl (C=O) groups is 2. The summed E-state index contributed by atoms with van der Waals surface area (Å²) in [5.74, 6) is -3.23. The van der Waals surface area contributed by atoms with Crippen molar-refractivity contribution in [2.75, 3.05) is 0 Å². The SMILES string of the molecule is CC1(C(N)=O)C=CN=N1.O=C(O)C(F)(F)F. The van der Waals surface area contributed by atoms with E-state index in [-0.39, 0.29) is 0 Å². The van der Waals surface area contributed by atoms with Gasteiger partial charge in [-0.1, -0.05) is 0 Å². The predicted octanol–water partition coefficient (Wildman–Crippen LogP) is 0.843. The number of rotatable bonds is 1. The van der Waals surface area contributed by atoms with E-state index in [2.05, 4.69) is 10.2 Å². The molecule has 0 spiro atoms. The Kier molecular flexibility index (Phi) is 4.16. The van der Waals surface area contributed by atoms with E-state index in [1.165, 1.54) is 6.20 Å². The Balaban J connectivity index is 0.000000293. The van der Waals surface area contributed by atoms with Crippen LogP contribution in [0.1, 0.15) is 6.92 Å². The molecule has 1 rings (SSSR count). The molecule has 0 aromatic heterocycles. The van der Waals surface area contributed by atoms with Gasteiger partial charge in [-0.15, -0.1) is 0 Å². The molecular weight excluding hydrogens is 231 g/mol. The minimum atomic E-state index is -5.08. The minimum absolute atomic E-state index is 0.472. The lowest BCUT2D eigenvalue weighted by atomic mass is 10.0. The van der Waals surface area contributed by atoms with Gasteiger partial charge in [0.15, 0.2) is 5.54 Å². The van der Waals surface area contributed by atoms with Crippen LogP contribution in [-0.4, -0.2) is 28.7 Å². The number of aliphatic carboxylic acids is 1. The first kappa shape index (κ1) is 14.1. The van der Waals surface area contributed by atoms with Gasteiger partial charge in [0.2, 0.25) is 0 Å². The summed E-state index contributed by atoms with van der Waals surface area (Å²) in [6, 6.07) is 0. The number of azo groups is 1. The van der Waals surface area contributed by atoms with Crippen LogP contribution in [0.2, 0.25) is 0 Å². The van der Waals surface area contributed by atoms with Crippen LogP contribution in [0.3, 0.4) is 0 Å². The monoisotopic (exact) mass is 239 g/mol. The molecule has 1 aliphatic heterocycles. The van der Waals surface area contributed by atoms with E-state index < -0.39 is 23.6 Å². The van der Waals surface area contributed by atoms with E-state index in [1.54, 1.807) is 13.0 Å². The smallest absolute Gasteiger partial charge is 0.475 e. The predicted molar refractivity (Wildman–Crippen MR) is 45.3 cm³/mol. The lowest BCUT2D eigenvalue weighted by Gasteiger charge is -2.08. The highest BCUT2D eigenvalue weighted by atomic mass is 19.4. The number of amides is 1. The summed E-state index contributed by atoms with van der Waals surface area (Å²) in [6.45, 7) is 1.61. The van der Waals surface area contributed by atoms with Gasteiger partial charge in [0, 0.05) is 6.20 Å². The number of nitrogens with two attached hydrogens (primary N) is 1. The molecule has 1 aliphatic rings. The van der Waals surface area contributed by atoms with Crippen molar-refractivity contribution in [2.24, 2.45) is 16.0 Å². The van der Waals surface area contributed by atoms with Crippen LogP contribution < -0.4 is 5.73 Å². The summed E-state index contributed by atoms with van der Waals surface area (Å²) in [6.07, 6.45) is -2.06. The fourth-order valence-corrected chi connectivity index (χ4v) is 0.496. The highest BCUT2D eigenvalue weighted by Crippen LogP contribution is 2.17. The number of primary amides is 1. The second kappa shape index (κ2) is 4.73. The molecule has 0 aromatic rings. The summed E-state index contributed by atoms with van der Waals surface area (Å²) in [7, 11) is 0. The lowest BCUT2D eigenvalue weighted by Crippen LogP contribution is -2.35. The van der Waals surface area contributed by atoms with Gasteiger partial charge in [0.1, 0.15) is 0 Å². The van der Waals surface area contributed by atoms with Gasteiger partial charge in [-0.3, -0.25) is 4.79 Å². The van der Waals surface area contributed by atoms with Crippen LogP contribution in [0.25, 0.3) is 0 Å². The van der Waals surface area contributed by atoms with Gasteiger partial charge in [-0.05, 0) is 13.0 Å². The van der Waals surface area contributed by atoms with Crippen molar-refractivity contribution >= 4 is 11.9 Å². The third-order valence-corrected chi connectivity index (χ3v) is 1.47. The average molecular weight is 239 g/mol. The normalized spacial score (nSPS) is 22.5. The number of alkyl halides is 3. The summed E-state index contributed by atoms with van der Waals surface area (Å²) in [4.78, 5) is 19.4. The Labute approximate surface area is 87.6 Å². The van der Waals surface area contributed by atoms with E-state index in [9.17, 15) is 18.0 Å². The van der Waals surface area contributed by atoms with E-state index in [0.717, 1.165) is 0 Å². The lowest BCUT2D eigenvalue weighted by molar-refractivity contribution is -0.192. The molecule has 1 unspecified atom stereocenters. The third kappa shape index (κ3) is 4.07. The zero-order chi connectivity index (χ0) is 13.0. The number of halogens is 3. The van der Waals surface area contributed by atoms with Crippen molar-refractivity contribution < 1.29 is 27.9 Å². The van der Waals surface area contributed by atoms with Crippen LogP contribution in [-0.2, 0) is 9.59 Å². The second-order valence-corrected chi connectivity index (χ2v) is 2.85. The van der Waals surface area contributed by atoms with E-state index in [1.807, 2.05) is 0 Å². The van der Waals surface area contributed by atoms with Crippen molar-refractivity contribution in [3.05, 3.63) is 12.3 Å². The number of hydrogen-bond donors (Lipinski definition) is 2. The third-order valence-electron chi connectivity index (χ3n) is 1.47. The first-order valence-corrected chi connectivity index (χ1v) is 3.79. The molecule has 1 amide bonds. The minimum Gasteiger partial charge on any atom is -0.475 e. The molecule has 0 bridgehead atoms. The molecule has 16 heavy (non-hydrogen) atoms.